The fourth-order valence-electron chi connectivity index (χ4n) is 3.31. The highest BCUT2D eigenvalue weighted by Gasteiger charge is 2.32. The minimum Gasteiger partial charge on any atom is -0.332 e. The Morgan fingerprint density at radius 2 is 1.63 bits per heavy atom. The van der Waals surface area contributed by atoms with Gasteiger partial charge in [0.1, 0.15) is 6.04 Å². The second-order valence-corrected chi connectivity index (χ2v) is 7.65. The van der Waals surface area contributed by atoms with Crippen LogP contribution in [0.5, 0.6) is 0 Å². The summed E-state index contributed by atoms with van der Waals surface area (Å²) in [7, 11) is 4.07. The molecule has 0 radical (unpaired) electrons. The molecule has 2 aromatic rings. The zero-order chi connectivity index (χ0) is 21.7. The summed E-state index contributed by atoms with van der Waals surface area (Å²) >= 11 is 0. The van der Waals surface area contributed by atoms with Crippen molar-refractivity contribution in [3.8, 4) is 0 Å². The Kier molecular flexibility index (Phi) is 6.84. The predicted molar refractivity (Wildman–Crippen MR) is 119 cm³/mol. The number of carbonyl (C=O) groups excluding carboxylic acids is 2. The number of anilines is 1. The van der Waals surface area contributed by atoms with Crippen molar-refractivity contribution in [3.05, 3.63) is 65.7 Å². The van der Waals surface area contributed by atoms with Crippen LogP contribution in [0.15, 0.2) is 59.6 Å². The Bertz CT molecular complexity index is 909. The van der Waals surface area contributed by atoms with E-state index in [0.717, 1.165) is 12.1 Å². The number of para-hydroxylation sites is 1. The van der Waals surface area contributed by atoms with Crippen LogP contribution in [0.4, 0.5) is 5.69 Å². The van der Waals surface area contributed by atoms with Gasteiger partial charge in [-0.2, -0.15) is 0 Å². The summed E-state index contributed by atoms with van der Waals surface area (Å²) in [4.78, 5) is 33.9. The Balaban J connectivity index is 1.74. The average Bonchev–Trinajstić information content (AvgIpc) is 2.74. The number of likely N-dealkylation sites (N-methyl/N-ethyl adjacent to an activating group) is 1. The molecule has 0 bridgehead atoms. The van der Waals surface area contributed by atoms with Gasteiger partial charge in [0, 0.05) is 19.6 Å². The van der Waals surface area contributed by atoms with Crippen molar-refractivity contribution in [1.82, 2.24) is 15.2 Å². The molecule has 1 aliphatic rings. The first-order chi connectivity index (χ1) is 14.4. The van der Waals surface area contributed by atoms with Crippen LogP contribution >= 0.6 is 0 Å². The number of amidine groups is 1. The molecule has 0 aliphatic carbocycles. The smallest absolute Gasteiger partial charge is 0.291 e. The van der Waals surface area contributed by atoms with E-state index in [1.807, 2.05) is 63.5 Å². The first-order valence-electron chi connectivity index (χ1n) is 10.1. The summed E-state index contributed by atoms with van der Waals surface area (Å²) < 4.78 is 0. The van der Waals surface area contributed by atoms with Crippen molar-refractivity contribution in [2.24, 2.45) is 4.99 Å². The van der Waals surface area contributed by atoms with E-state index in [9.17, 15) is 9.59 Å². The van der Waals surface area contributed by atoms with Crippen LogP contribution in [0.1, 0.15) is 25.0 Å². The van der Waals surface area contributed by atoms with Gasteiger partial charge in [-0.1, -0.05) is 42.5 Å². The maximum Gasteiger partial charge on any atom is 0.291 e. The molecule has 0 aromatic heterocycles. The zero-order valence-electron chi connectivity index (χ0n) is 18.0. The van der Waals surface area contributed by atoms with Gasteiger partial charge in [-0.15, -0.1) is 0 Å². The fraction of sp³-hybridized carbons (Fsp3) is 0.348. The number of benzene rings is 2. The first kappa shape index (κ1) is 21.5. The Morgan fingerprint density at radius 1 is 1.03 bits per heavy atom. The number of nitrogens with zero attached hydrogens (tertiary/aromatic N) is 4. The van der Waals surface area contributed by atoms with Crippen molar-refractivity contribution in [3.63, 3.8) is 0 Å². The predicted octanol–water partition coefficient (Wildman–Crippen LogP) is 2.44. The van der Waals surface area contributed by atoms with E-state index >= 15 is 0 Å². The maximum absolute atomic E-state index is 13.2. The summed E-state index contributed by atoms with van der Waals surface area (Å²) in [6.45, 7) is 5.52. The van der Waals surface area contributed by atoms with Crippen molar-refractivity contribution in [2.75, 3.05) is 25.6 Å². The number of hydrogen-bond acceptors (Lipinski definition) is 5. The third-order valence-corrected chi connectivity index (χ3v) is 4.90. The van der Waals surface area contributed by atoms with Crippen molar-refractivity contribution < 1.29 is 9.59 Å². The van der Waals surface area contributed by atoms with E-state index < -0.39 is 6.04 Å². The number of rotatable bonds is 7. The molecule has 0 saturated heterocycles. The second-order valence-electron chi connectivity index (χ2n) is 7.65. The molecule has 0 spiro atoms. The molecule has 1 unspecified atom stereocenters. The second kappa shape index (κ2) is 9.54. The Hall–Kier alpha value is -3.19. The van der Waals surface area contributed by atoms with Gasteiger partial charge < -0.3 is 9.80 Å². The monoisotopic (exact) mass is 407 g/mol. The van der Waals surface area contributed by atoms with Crippen LogP contribution in [0.2, 0.25) is 0 Å². The highest BCUT2D eigenvalue weighted by Crippen LogP contribution is 2.17. The summed E-state index contributed by atoms with van der Waals surface area (Å²) in [5.74, 6) is -0.246. The molecule has 158 valence electrons. The molecule has 2 amide bonds. The summed E-state index contributed by atoms with van der Waals surface area (Å²) in [6, 6.07) is 16.8. The number of amides is 2. The van der Waals surface area contributed by atoms with Gasteiger partial charge in [-0.3, -0.25) is 15.0 Å². The zero-order valence-corrected chi connectivity index (χ0v) is 18.0. The third-order valence-electron chi connectivity index (χ3n) is 4.90. The average molecular weight is 408 g/mol. The highest BCUT2D eigenvalue weighted by molar-refractivity contribution is 6.39. The van der Waals surface area contributed by atoms with E-state index in [1.54, 1.807) is 11.8 Å². The molecule has 1 atom stereocenters. The molecule has 1 aliphatic heterocycles. The van der Waals surface area contributed by atoms with Gasteiger partial charge in [0.2, 0.25) is 5.84 Å². The van der Waals surface area contributed by atoms with Gasteiger partial charge >= 0.3 is 0 Å². The van der Waals surface area contributed by atoms with Crippen molar-refractivity contribution in [1.29, 1.82) is 0 Å². The fourth-order valence-corrected chi connectivity index (χ4v) is 3.31. The number of aliphatic imine (C=N–C) groups is 1. The van der Waals surface area contributed by atoms with E-state index in [0.29, 0.717) is 18.8 Å². The lowest BCUT2D eigenvalue weighted by atomic mass is 10.1. The molecule has 3 rings (SSSR count). The minimum absolute atomic E-state index is 0.178. The van der Waals surface area contributed by atoms with Gasteiger partial charge in [0.15, 0.2) is 0 Å². The standard InChI is InChI=1S/C23H29N5O2/c1-5-27(16-19-13-11-18(12-14-19)15-26(3)4)23(30)21-24-17(2)22(29)28(25-21)20-9-7-6-8-10-20/h6-14,17H,5,15-16H2,1-4H3,(H,24,25). The van der Waals surface area contributed by atoms with Gasteiger partial charge in [-0.25, -0.2) is 10.0 Å². The Morgan fingerprint density at radius 3 is 2.20 bits per heavy atom. The summed E-state index contributed by atoms with van der Waals surface area (Å²) in [5.41, 5.74) is 5.87. The van der Waals surface area contributed by atoms with Crippen LogP contribution in [0.25, 0.3) is 0 Å². The lowest BCUT2D eigenvalue weighted by molar-refractivity contribution is -0.125. The van der Waals surface area contributed by atoms with E-state index in [-0.39, 0.29) is 17.6 Å². The van der Waals surface area contributed by atoms with Gasteiger partial charge in [-0.05, 0) is 51.2 Å². The van der Waals surface area contributed by atoms with E-state index in [2.05, 4.69) is 27.5 Å². The molecule has 1 heterocycles. The minimum atomic E-state index is -0.630. The molecule has 0 fully saturated rings. The Labute approximate surface area is 178 Å². The molecule has 0 saturated carbocycles. The van der Waals surface area contributed by atoms with Crippen molar-refractivity contribution >= 4 is 23.3 Å². The lowest BCUT2D eigenvalue weighted by Crippen LogP contribution is -2.58. The molecule has 2 aromatic carbocycles. The SMILES string of the molecule is CCN(Cc1ccc(CN(C)C)cc1)C(=O)C1=NC(C)C(=O)N(c2ccccc2)N1. The molecule has 7 heteroatoms. The van der Waals surface area contributed by atoms with Crippen LogP contribution < -0.4 is 10.4 Å². The first-order valence-corrected chi connectivity index (χ1v) is 10.1. The third kappa shape index (κ3) is 5.04. The quantitative estimate of drug-likeness (QED) is 0.766. The van der Waals surface area contributed by atoms with Gasteiger partial charge in [0.05, 0.1) is 5.69 Å². The number of carbonyl (C=O) groups is 2. The summed E-state index contributed by atoms with van der Waals surface area (Å²) in [5, 5.41) is 1.40. The van der Waals surface area contributed by atoms with Crippen LogP contribution in [-0.2, 0) is 22.7 Å². The number of nitrogens with one attached hydrogen (secondary N) is 1. The van der Waals surface area contributed by atoms with Crippen LogP contribution in [0.3, 0.4) is 0 Å². The number of hydrogen-bond donors (Lipinski definition) is 1. The topological polar surface area (TPSA) is 68.2 Å². The molecule has 30 heavy (non-hydrogen) atoms. The van der Waals surface area contributed by atoms with Crippen LogP contribution in [0, 0.1) is 0 Å². The normalized spacial score (nSPS) is 16.3. The molecular formula is C23H29N5O2. The molecule has 1 N–H and O–H groups in total. The largest absolute Gasteiger partial charge is 0.332 e. The van der Waals surface area contributed by atoms with E-state index in [1.165, 1.54) is 10.6 Å². The van der Waals surface area contributed by atoms with Crippen LogP contribution in [-0.4, -0.2) is 54.1 Å². The van der Waals surface area contributed by atoms with Gasteiger partial charge in [0.25, 0.3) is 11.8 Å². The highest BCUT2D eigenvalue weighted by atomic mass is 16.2. The lowest BCUT2D eigenvalue weighted by Gasteiger charge is -2.32. The molecule has 7 nitrogen and oxygen atoms in total. The summed E-state index contributed by atoms with van der Waals surface area (Å²) in [6.07, 6.45) is 0. The van der Waals surface area contributed by atoms with E-state index in [4.69, 9.17) is 0 Å². The maximum atomic E-state index is 13.2. The van der Waals surface area contributed by atoms with Crippen molar-refractivity contribution in [2.45, 2.75) is 33.0 Å². The number of hydrazine groups is 1. The molecular weight excluding hydrogens is 378 g/mol.